The maximum Gasteiger partial charge on any atom is 0.188 e. The molecule has 0 heterocycles. The summed E-state index contributed by atoms with van der Waals surface area (Å²) in [5.41, 5.74) is 0. The van der Waals surface area contributed by atoms with Gasteiger partial charge in [-0.2, -0.15) is 0 Å². The summed E-state index contributed by atoms with van der Waals surface area (Å²) in [7, 11) is 3.22. The van der Waals surface area contributed by atoms with Crippen molar-refractivity contribution in [2.75, 3.05) is 27.8 Å². The standard InChI is InChI=1S/C12H10BrClO2.C12H10ClO2.C10H6BrClO.C3H7.Sn/c1-15-7-16-9-5-8-3-2-4-11(14)12(8)10(13)6-9;1-14-8-15-10-5-6-11-9(7-10)3-2-4-12(11)13;11-8-5-7(13)4-6-2-1-3-9(12)10(6)8;1-3-2;/h2-6H,7H2,1H3;2-5,7H,8H2,1H3;1-5,13H;3H,1-2H3;. The number of phenols is 1. The molecule has 0 saturated carbocycles. The van der Waals surface area contributed by atoms with Gasteiger partial charge in [-0.05, 0) is 79.0 Å². The second-order valence-corrected chi connectivity index (χ2v) is 19.3. The normalized spacial score (nSPS) is 10.9. The van der Waals surface area contributed by atoms with E-state index in [1.807, 2.05) is 66.7 Å². The van der Waals surface area contributed by atoms with Crippen LogP contribution in [0.15, 0.2) is 99.9 Å². The summed E-state index contributed by atoms with van der Waals surface area (Å²) >= 11 is 24.7. The molecule has 6 rings (SSSR count). The van der Waals surface area contributed by atoms with Gasteiger partial charge in [0.1, 0.15) is 11.5 Å². The molecule has 0 atom stereocenters. The number of methoxy groups -OCH3 is 2. The van der Waals surface area contributed by atoms with Crippen molar-refractivity contribution in [2.45, 2.75) is 17.8 Å². The molecule has 1 N–H and O–H groups in total. The molecule has 6 aromatic carbocycles. The van der Waals surface area contributed by atoms with E-state index in [4.69, 9.17) is 53.8 Å². The van der Waals surface area contributed by atoms with Crippen LogP contribution in [0.2, 0.25) is 19.0 Å². The zero-order valence-corrected chi connectivity index (χ0v) is 34.9. The molecule has 0 amide bonds. The topological polar surface area (TPSA) is 57.2 Å². The third-order valence-electron chi connectivity index (χ3n) is 6.74. The molecule has 5 nitrogen and oxygen atoms in total. The van der Waals surface area contributed by atoms with E-state index in [1.165, 1.54) is 8.97 Å². The first kappa shape index (κ1) is 38.8. The number of ether oxygens (including phenoxy) is 4. The van der Waals surface area contributed by atoms with E-state index >= 15 is 0 Å². The van der Waals surface area contributed by atoms with Crippen LogP contribution >= 0.6 is 66.7 Å². The van der Waals surface area contributed by atoms with E-state index in [9.17, 15) is 5.11 Å². The van der Waals surface area contributed by atoms with Crippen molar-refractivity contribution in [3.63, 3.8) is 0 Å². The number of benzene rings is 6. The maximum absolute atomic E-state index is 9.33. The molecule has 0 bridgehead atoms. The van der Waals surface area contributed by atoms with Gasteiger partial charge in [-0.15, -0.1) is 0 Å². The van der Waals surface area contributed by atoms with Gasteiger partial charge in [-0.3, -0.25) is 0 Å². The number of rotatable bonds is 8. The Morgan fingerprint density at radius 3 is 1.56 bits per heavy atom. The minimum atomic E-state index is -0.671. The predicted molar refractivity (Wildman–Crippen MR) is 209 cm³/mol. The van der Waals surface area contributed by atoms with Crippen LogP contribution in [-0.4, -0.2) is 54.1 Å². The minimum absolute atomic E-state index is 0.235. The van der Waals surface area contributed by atoms with Gasteiger partial charge < -0.3 is 14.6 Å². The molecule has 250 valence electrons. The average Bonchev–Trinajstić information content (AvgIpc) is 3.03. The van der Waals surface area contributed by atoms with Gasteiger partial charge in [-0.1, -0.05) is 47.5 Å². The SMILES string of the molecule is COCOc1c[c]([Sn][CH](C)C)c2c(Cl)cccc2c1.COCOc1cc(Br)c2c(Cl)cccc2c1.Oc1cc(Br)c2c(Cl)cccc2c1. The molecule has 6 aromatic rings. The molecule has 0 unspecified atom stereocenters. The van der Waals surface area contributed by atoms with Crippen LogP contribution in [-0.2, 0) is 9.47 Å². The van der Waals surface area contributed by atoms with Crippen molar-refractivity contribution in [3.8, 4) is 17.2 Å². The first-order valence-electron chi connectivity index (χ1n) is 14.7. The monoisotopic (exact) mass is 940 g/mol. The summed E-state index contributed by atoms with van der Waals surface area (Å²) in [6.07, 6.45) is 0. The first-order valence-corrected chi connectivity index (χ1v) is 20.5. The van der Waals surface area contributed by atoms with Crippen molar-refractivity contribution in [3.05, 3.63) is 115 Å². The largest absolute Gasteiger partial charge is 0.508 e. The van der Waals surface area contributed by atoms with Gasteiger partial charge in [0.2, 0.25) is 0 Å². The van der Waals surface area contributed by atoms with Gasteiger partial charge in [0, 0.05) is 36.9 Å². The predicted octanol–water partition coefficient (Wildman–Crippen LogP) is 11.8. The number of aromatic hydroxyl groups is 1. The van der Waals surface area contributed by atoms with Crippen molar-refractivity contribution >= 4 is 124 Å². The van der Waals surface area contributed by atoms with Crippen LogP contribution in [0.4, 0.5) is 0 Å². The summed E-state index contributed by atoms with van der Waals surface area (Å²) in [5, 5.41) is 17.8. The Morgan fingerprint density at radius 2 is 1.06 bits per heavy atom. The Morgan fingerprint density at radius 1 is 0.625 bits per heavy atom. The van der Waals surface area contributed by atoms with E-state index in [-0.39, 0.29) is 19.3 Å². The quantitative estimate of drug-likeness (QED) is 0.122. The second-order valence-electron chi connectivity index (χ2n) is 10.7. The van der Waals surface area contributed by atoms with E-state index in [2.05, 4.69) is 57.8 Å². The maximum atomic E-state index is 9.33. The van der Waals surface area contributed by atoms with Crippen LogP contribution < -0.4 is 13.1 Å². The Labute approximate surface area is 322 Å². The average molecular weight is 943 g/mol. The molecule has 0 saturated heterocycles. The zero-order valence-electron chi connectivity index (χ0n) is 26.6. The van der Waals surface area contributed by atoms with Crippen LogP contribution in [0, 0.1) is 0 Å². The second kappa shape index (κ2) is 18.9. The molecule has 0 aliphatic heterocycles. The number of halogens is 5. The molecule has 0 aliphatic carbocycles. The van der Waals surface area contributed by atoms with Crippen molar-refractivity contribution in [1.29, 1.82) is 0 Å². The fraction of sp³-hybridized carbons (Fsp3) is 0.189. The van der Waals surface area contributed by atoms with Crippen LogP contribution in [0.1, 0.15) is 13.8 Å². The van der Waals surface area contributed by atoms with Crippen LogP contribution in [0.5, 0.6) is 17.2 Å². The number of hydrogen-bond donors (Lipinski definition) is 1. The summed E-state index contributed by atoms with van der Waals surface area (Å²) in [6.45, 7) is 5.06. The molecule has 0 aromatic heterocycles. The summed E-state index contributed by atoms with van der Waals surface area (Å²) < 4.78 is 24.7. The first-order chi connectivity index (χ1) is 23.0. The number of fused-ring (bicyclic) bond motifs is 3. The van der Waals surface area contributed by atoms with Gasteiger partial charge >= 0.3 is 129 Å². The fourth-order valence-corrected chi connectivity index (χ4v) is 11.1. The van der Waals surface area contributed by atoms with Crippen molar-refractivity contribution in [1.82, 2.24) is 0 Å². The van der Waals surface area contributed by atoms with E-state index in [0.29, 0.717) is 5.02 Å². The Hall–Kier alpha value is -1.95. The van der Waals surface area contributed by atoms with E-state index in [1.54, 1.807) is 26.4 Å². The molecule has 0 spiro atoms. The Kier molecular flexibility index (Phi) is 15.3. The summed E-state index contributed by atoms with van der Waals surface area (Å²) in [4.78, 5) is 0. The number of phenolic OH excluding ortho intramolecular Hbond substituents is 1. The summed E-state index contributed by atoms with van der Waals surface area (Å²) in [5.74, 6) is 1.86. The number of hydrogen-bond acceptors (Lipinski definition) is 5. The van der Waals surface area contributed by atoms with E-state index < -0.39 is 21.1 Å². The van der Waals surface area contributed by atoms with E-state index in [0.717, 1.165) is 61.4 Å². The molecule has 11 heteroatoms. The zero-order chi connectivity index (χ0) is 34.8. The summed E-state index contributed by atoms with van der Waals surface area (Å²) in [6, 6.07) is 28.7. The van der Waals surface area contributed by atoms with Gasteiger partial charge in [0.05, 0.1) is 0 Å². The van der Waals surface area contributed by atoms with Crippen LogP contribution in [0.3, 0.4) is 0 Å². The van der Waals surface area contributed by atoms with Gasteiger partial charge in [-0.25, -0.2) is 0 Å². The van der Waals surface area contributed by atoms with Gasteiger partial charge in [0.15, 0.2) is 6.79 Å². The Balaban J connectivity index is 0.000000165. The molecular formula is C37H33Br2Cl3O5Sn. The minimum Gasteiger partial charge on any atom is -0.508 e. The van der Waals surface area contributed by atoms with Crippen LogP contribution in [0.25, 0.3) is 32.3 Å². The molecule has 0 fully saturated rings. The third-order valence-corrected chi connectivity index (χ3v) is 12.6. The molecule has 0 aliphatic rings. The molecule has 2 radical (unpaired) electrons. The smallest absolute Gasteiger partial charge is 0.188 e. The Bertz CT molecular complexity index is 2010. The van der Waals surface area contributed by atoms with Crippen molar-refractivity contribution in [2.24, 2.45) is 0 Å². The van der Waals surface area contributed by atoms with Gasteiger partial charge in [0.25, 0.3) is 0 Å². The molecular weight excluding hydrogens is 909 g/mol. The molecule has 48 heavy (non-hydrogen) atoms. The third kappa shape index (κ3) is 10.5. The fourth-order valence-electron chi connectivity index (χ4n) is 4.82. The van der Waals surface area contributed by atoms with Crippen molar-refractivity contribution < 1.29 is 24.1 Å².